The van der Waals surface area contributed by atoms with Crippen LogP contribution in [-0.4, -0.2) is 19.2 Å². The van der Waals surface area contributed by atoms with Gasteiger partial charge in [-0.25, -0.2) is 4.79 Å². The van der Waals surface area contributed by atoms with E-state index in [0.717, 1.165) is 30.0 Å². The number of urea groups is 1. The molecular formula is C20H24N2O2. The van der Waals surface area contributed by atoms with Crippen LogP contribution in [-0.2, 0) is 6.42 Å². The molecule has 3 rings (SSSR count). The van der Waals surface area contributed by atoms with Gasteiger partial charge in [-0.05, 0) is 54.2 Å². The minimum atomic E-state index is -0.167. The molecule has 0 saturated heterocycles. The zero-order valence-electron chi connectivity index (χ0n) is 14.5. The van der Waals surface area contributed by atoms with Gasteiger partial charge in [0, 0.05) is 18.7 Å². The van der Waals surface area contributed by atoms with Crippen LogP contribution in [0, 0.1) is 13.8 Å². The van der Waals surface area contributed by atoms with Crippen LogP contribution < -0.4 is 15.4 Å². The highest BCUT2D eigenvalue weighted by molar-refractivity contribution is 5.90. The fourth-order valence-corrected chi connectivity index (χ4v) is 2.93. The van der Waals surface area contributed by atoms with Gasteiger partial charge in [0.1, 0.15) is 5.75 Å². The molecule has 1 unspecified atom stereocenters. The number of hydrogen-bond acceptors (Lipinski definition) is 2. The maximum atomic E-state index is 12.2. The molecule has 2 amide bonds. The van der Waals surface area contributed by atoms with Crippen molar-refractivity contribution in [1.29, 1.82) is 0 Å². The Morgan fingerprint density at radius 3 is 2.92 bits per heavy atom. The van der Waals surface area contributed by atoms with Crippen molar-refractivity contribution in [2.75, 3.05) is 18.5 Å². The third-order valence-corrected chi connectivity index (χ3v) is 4.70. The number of carbonyl (C=O) groups is 1. The molecule has 0 aliphatic carbocycles. The highest BCUT2D eigenvalue weighted by Crippen LogP contribution is 2.28. The van der Waals surface area contributed by atoms with Crippen LogP contribution in [0.2, 0.25) is 0 Å². The summed E-state index contributed by atoms with van der Waals surface area (Å²) >= 11 is 0. The zero-order valence-corrected chi connectivity index (χ0v) is 14.5. The first-order chi connectivity index (χ1) is 11.5. The molecule has 2 aromatic carbocycles. The third kappa shape index (κ3) is 3.53. The second-order valence-corrected chi connectivity index (χ2v) is 6.45. The van der Waals surface area contributed by atoms with E-state index in [1.807, 2.05) is 38.1 Å². The number of amides is 2. The molecule has 126 valence electrons. The van der Waals surface area contributed by atoms with Crippen molar-refractivity contribution in [3.05, 3.63) is 58.7 Å². The summed E-state index contributed by atoms with van der Waals surface area (Å²) in [6.07, 6.45) is 0.969. The average molecular weight is 324 g/mol. The number of anilines is 1. The first kappa shape index (κ1) is 16.4. The average Bonchev–Trinajstić information content (AvgIpc) is 3.04. The Bertz CT molecular complexity index is 755. The summed E-state index contributed by atoms with van der Waals surface area (Å²) < 4.78 is 5.54. The number of fused-ring (bicyclic) bond motifs is 1. The zero-order chi connectivity index (χ0) is 17.1. The lowest BCUT2D eigenvalue weighted by molar-refractivity contribution is 0.251. The molecule has 1 aliphatic rings. The van der Waals surface area contributed by atoms with Crippen molar-refractivity contribution in [3.8, 4) is 5.75 Å². The highest BCUT2D eigenvalue weighted by Gasteiger charge is 2.15. The molecule has 1 aliphatic heterocycles. The predicted octanol–water partition coefficient (Wildman–Crippen LogP) is 4.16. The number of aryl methyl sites for hydroxylation is 1. The van der Waals surface area contributed by atoms with Gasteiger partial charge in [-0.15, -0.1) is 0 Å². The summed E-state index contributed by atoms with van der Waals surface area (Å²) in [6, 6.07) is 12.1. The number of ether oxygens (including phenoxy) is 1. The van der Waals surface area contributed by atoms with E-state index in [0.29, 0.717) is 6.54 Å². The Hall–Kier alpha value is -2.49. The van der Waals surface area contributed by atoms with Crippen molar-refractivity contribution in [2.24, 2.45) is 0 Å². The molecule has 0 aromatic heterocycles. The molecule has 0 radical (unpaired) electrons. The molecule has 4 heteroatoms. The van der Waals surface area contributed by atoms with E-state index in [2.05, 4.69) is 29.7 Å². The Morgan fingerprint density at radius 2 is 2.08 bits per heavy atom. The molecule has 2 aromatic rings. The van der Waals surface area contributed by atoms with Crippen LogP contribution in [0.25, 0.3) is 0 Å². The molecule has 0 saturated carbocycles. The molecule has 4 nitrogen and oxygen atoms in total. The molecule has 0 fully saturated rings. The molecular weight excluding hydrogens is 300 g/mol. The fraction of sp³-hybridized carbons (Fsp3) is 0.350. The van der Waals surface area contributed by atoms with Crippen molar-refractivity contribution >= 4 is 11.7 Å². The predicted molar refractivity (Wildman–Crippen MR) is 97.0 cm³/mol. The van der Waals surface area contributed by atoms with Gasteiger partial charge >= 0.3 is 6.03 Å². The first-order valence-corrected chi connectivity index (χ1v) is 8.41. The second-order valence-electron chi connectivity index (χ2n) is 6.45. The quantitative estimate of drug-likeness (QED) is 0.887. The van der Waals surface area contributed by atoms with E-state index in [9.17, 15) is 4.79 Å². The van der Waals surface area contributed by atoms with Crippen molar-refractivity contribution in [1.82, 2.24) is 5.32 Å². The number of hydrogen-bond donors (Lipinski definition) is 2. The fourth-order valence-electron chi connectivity index (χ4n) is 2.93. The van der Waals surface area contributed by atoms with Crippen molar-refractivity contribution in [2.45, 2.75) is 33.1 Å². The number of benzene rings is 2. The van der Waals surface area contributed by atoms with Gasteiger partial charge in [0.25, 0.3) is 0 Å². The summed E-state index contributed by atoms with van der Waals surface area (Å²) in [5, 5.41) is 5.89. The Balaban J connectivity index is 1.57. The van der Waals surface area contributed by atoms with Gasteiger partial charge in [-0.2, -0.15) is 0 Å². The van der Waals surface area contributed by atoms with Crippen LogP contribution in [0.1, 0.15) is 35.1 Å². The summed E-state index contributed by atoms with van der Waals surface area (Å²) in [5.74, 6) is 1.24. The van der Waals surface area contributed by atoms with Gasteiger partial charge in [0.2, 0.25) is 0 Å². The lowest BCUT2D eigenvalue weighted by atomic mass is 9.98. The van der Waals surface area contributed by atoms with Crippen LogP contribution in [0.15, 0.2) is 36.4 Å². The molecule has 1 heterocycles. The minimum absolute atomic E-state index is 0.167. The topological polar surface area (TPSA) is 50.4 Å². The van der Waals surface area contributed by atoms with Gasteiger partial charge < -0.3 is 15.4 Å². The highest BCUT2D eigenvalue weighted by atomic mass is 16.5. The van der Waals surface area contributed by atoms with E-state index in [1.54, 1.807) is 0 Å². The van der Waals surface area contributed by atoms with E-state index >= 15 is 0 Å². The SMILES string of the molecule is Cc1cccc(NC(=O)NCC(C)c2ccc3c(c2)CCO3)c1C. The lowest BCUT2D eigenvalue weighted by Gasteiger charge is -2.16. The number of nitrogens with one attached hydrogen (secondary N) is 2. The number of carbonyl (C=O) groups excluding carboxylic acids is 1. The number of rotatable bonds is 4. The smallest absolute Gasteiger partial charge is 0.319 e. The molecule has 0 bridgehead atoms. The lowest BCUT2D eigenvalue weighted by Crippen LogP contribution is -2.32. The summed E-state index contributed by atoms with van der Waals surface area (Å²) in [6.45, 7) is 7.54. The maximum absolute atomic E-state index is 12.2. The normalized spacial score (nSPS) is 13.8. The van der Waals surface area contributed by atoms with E-state index < -0.39 is 0 Å². The van der Waals surface area contributed by atoms with Gasteiger partial charge in [-0.3, -0.25) is 0 Å². The van der Waals surface area contributed by atoms with Crippen LogP contribution in [0.4, 0.5) is 10.5 Å². The molecule has 1 atom stereocenters. The van der Waals surface area contributed by atoms with Gasteiger partial charge in [-0.1, -0.05) is 31.2 Å². The van der Waals surface area contributed by atoms with Gasteiger partial charge in [0.15, 0.2) is 0 Å². The van der Waals surface area contributed by atoms with Crippen LogP contribution in [0.3, 0.4) is 0 Å². The Morgan fingerprint density at radius 1 is 1.25 bits per heavy atom. The minimum Gasteiger partial charge on any atom is -0.493 e. The van der Waals surface area contributed by atoms with Crippen LogP contribution in [0.5, 0.6) is 5.75 Å². The second kappa shape index (κ2) is 6.95. The van der Waals surface area contributed by atoms with Gasteiger partial charge in [0.05, 0.1) is 6.61 Å². The summed E-state index contributed by atoms with van der Waals surface area (Å²) in [4.78, 5) is 12.2. The van der Waals surface area contributed by atoms with E-state index in [1.165, 1.54) is 16.7 Å². The monoisotopic (exact) mass is 324 g/mol. The van der Waals surface area contributed by atoms with E-state index in [-0.39, 0.29) is 11.9 Å². The largest absolute Gasteiger partial charge is 0.493 e. The Labute approximate surface area is 143 Å². The molecule has 24 heavy (non-hydrogen) atoms. The summed E-state index contributed by atoms with van der Waals surface area (Å²) in [5.41, 5.74) is 5.61. The third-order valence-electron chi connectivity index (χ3n) is 4.70. The Kier molecular flexibility index (Phi) is 4.74. The van der Waals surface area contributed by atoms with E-state index in [4.69, 9.17) is 4.74 Å². The standard InChI is InChI=1S/C20H24N2O2/c1-13-5-4-6-18(15(13)3)22-20(23)21-12-14(2)16-7-8-19-17(11-16)9-10-24-19/h4-8,11,14H,9-10,12H2,1-3H3,(H2,21,22,23). The maximum Gasteiger partial charge on any atom is 0.319 e. The first-order valence-electron chi connectivity index (χ1n) is 8.41. The molecule has 2 N–H and O–H groups in total. The van der Waals surface area contributed by atoms with Crippen LogP contribution >= 0.6 is 0 Å². The molecule has 0 spiro atoms. The van der Waals surface area contributed by atoms with Crippen molar-refractivity contribution in [3.63, 3.8) is 0 Å². The summed E-state index contributed by atoms with van der Waals surface area (Å²) in [7, 11) is 0. The van der Waals surface area contributed by atoms with Crippen molar-refractivity contribution < 1.29 is 9.53 Å².